The molecule has 1 rings (SSSR count). The van der Waals surface area contributed by atoms with Crippen molar-refractivity contribution in [1.29, 1.82) is 0 Å². The summed E-state index contributed by atoms with van der Waals surface area (Å²) in [5, 5.41) is 6.07. The van der Waals surface area contributed by atoms with E-state index in [0.29, 0.717) is 19.2 Å². The number of hydrogen-bond donors (Lipinski definition) is 2. The first-order valence-electron chi connectivity index (χ1n) is 6.74. The van der Waals surface area contributed by atoms with Crippen LogP contribution >= 0.6 is 0 Å². The lowest BCUT2D eigenvalue weighted by Gasteiger charge is -2.13. The summed E-state index contributed by atoms with van der Waals surface area (Å²) >= 11 is 0. The van der Waals surface area contributed by atoms with Crippen LogP contribution in [0.3, 0.4) is 0 Å². The molecule has 0 saturated heterocycles. The molecule has 0 radical (unpaired) electrons. The lowest BCUT2D eigenvalue weighted by Crippen LogP contribution is -2.34. The Hall–Kier alpha value is -1.33. The van der Waals surface area contributed by atoms with Crippen molar-refractivity contribution < 1.29 is 13.9 Å². The Morgan fingerprint density at radius 3 is 2.84 bits per heavy atom. The van der Waals surface area contributed by atoms with Crippen LogP contribution < -0.4 is 10.6 Å². The molecule has 0 aliphatic carbocycles. The van der Waals surface area contributed by atoms with Gasteiger partial charge in [0.2, 0.25) is 5.91 Å². The molecule has 0 aliphatic heterocycles. The van der Waals surface area contributed by atoms with Crippen molar-refractivity contribution in [2.45, 2.75) is 45.9 Å². The standard InChI is InChI=1S/C14H24N2O3/c1-11(2)15-7-5-9-18-12(3)14(17)16-10-13-6-4-8-19-13/h4,6,8,11-12,15H,5,7,9-10H2,1-3H3,(H,16,17). The van der Waals surface area contributed by atoms with Gasteiger partial charge in [-0.15, -0.1) is 0 Å². The average Bonchev–Trinajstić information content (AvgIpc) is 2.88. The second-order valence-corrected chi connectivity index (χ2v) is 4.77. The van der Waals surface area contributed by atoms with Crippen molar-refractivity contribution in [3.8, 4) is 0 Å². The van der Waals surface area contributed by atoms with Gasteiger partial charge in [-0.25, -0.2) is 0 Å². The normalized spacial score (nSPS) is 12.6. The van der Waals surface area contributed by atoms with Crippen LogP contribution in [0.15, 0.2) is 22.8 Å². The molecule has 1 heterocycles. The predicted octanol–water partition coefficient (Wildman–Crippen LogP) is 1.69. The fraction of sp³-hybridized carbons (Fsp3) is 0.643. The minimum absolute atomic E-state index is 0.117. The summed E-state index contributed by atoms with van der Waals surface area (Å²) in [4.78, 5) is 11.7. The Morgan fingerprint density at radius 2 is 2.21 bits per heavy atom. The molecule has 1 unspecified atom stereocenters. The van der Waals surface area contributed by atoms with E-state index in [4.69, 9.17) is 9.15 Å². The molecular formula is C14H24N2O3. The highest BCUT2D eigenvalue weighted by Gasteiger charge is 2.12. The third-order valence-electron chi connectivity index (χ3n) is 2.63. The molecule has 0 aromatic carbocycles. The van der Waals surface area contributed by atoms with Crippen LogP contribution in [0.4, 0.5) is 0 Å². The Bertz CT molecular complexity index is 350. The van der Waals surface area contributed by atoms with E-state index in [1.807, 2.05) is 6.07 Å². The Labute approximate surface area is 114 Å². The predicted molar refractivity (Wildman–Crippen MR) is 73.7 cm³/mol. The summed E-state index contributed by atoms with van der Waals surface area (Å²) < 4.78 is 10.6. The number of furan rings is 1. The quantitative estimate of drug-likeness (QED) is 0.669. The number of nitrogens with one attached hydrogen (secondary N) is 2. The van der Waals surface area contributed by atoms with E-state index in [1.54, 1.807) is 19.3 Å². The number of hydrogen-bond acceptors (Lipinski definition) is 4. The number of rotatable bonds is 9. The molecule has 0 bridgehead atoms. The van der Waals surface area contributed by atoms with E-state index < -0.39 is 6.10 Å². The molecule has 0 saturated carbocycles. The average molecular weight is 268 g/mol. The molecular weight excluding hydrogens is 244 g/mol. The molecule has 0 spiro atoms. The third kappa shape index (κ3) is 6.98. The minimum Gasteiger partial charge on any atom is -0.467 e. The van der Waals surface area contributed by atoms with Crippen molar-refractivity contribution in [2.75, 3.05) is 13.2 Å². The highest BCUT2D eigenvalue weighted by Crippen LogP contribution is 2.00. The van der Waals surface area contributed by atoms with Crippen LogP contribution in [-0.2, 0) is 16.1 Å². The smallest absolute Gasteiger partial charge is 0.249 e. The lowest BCUT2D eigenvalue weighted by molar-refractivity contribution is -0.132. The first kappa shape index (κ1) is 15.7. The van der Waals surface area contributed by atoms with Gasteiger partial charge in [-0.05, 0) is 32.0 Å². The zero-order chi connectivity index (χ0) is 14.1. The summed E-state index contributed by atoms with van der Waals surface area (Å²) in [7, 11) is 0. The van der Waals surface area contributed by atoms with Gasteiger partial charge in [0, 0.05) is 12.6 Å². The maximum Gasteiger partial charge on any atom is 0.249 e. The third-order valence-corrected chi connectivity index (χ3v) is 2.63. The van der Waals surface area contributed by atoms with Crippen LogP contribution in [-0.4, -0.2) is 31.2 Å². The Morgan fingerprint density at radius 1 is 1.42 bits per heavy atom. The van der Waals surface area contributed by atoms with Crippen molar-refractivity contribution in [2.24, 2.45) is 0 Å². The van der Waals surface area contributed by atoms with Gasteiger partial charge in [0.1, 0.15) is 11.9 Å². The van der Waals surface area contributed by atoms with E-state index in [1.165, 1.54) is 0 Å². The number of amides is 1. The first-order chi connectivity index (χ1) is 9.09. The summed E-state index contributed by atoms with van der Waals surface area (Å²) in [6, 6.07) is 4.10. The van der Waals surface area contributed by atoms with Gasteiger partial charge in [-0.3, -0.25) is 4.79 Å². The van der Waals surface area contributed by atoms with Crippen LogP contribution in [0.1, 0.15) is 33.0 Å². The van der Waals surface area contributed by atoms with Crippen molar-refractivity contribution >= 4 is 5.91 Å². The minimum atomic E-state index is -0.436. The highest BCUT2D eigenvalue weighted by atomic mass is 16.5. The van der Waals surface area contributed by atoms with E-state index in [9.17, 15) is 4.79 Å². The second-order valence-electron chi connectivity index (χ2n) is 4.77. The zero-order valence-electron chi connectivity index (χ0n) is 11.9. The van der Waals surface area contributed by atoms with E-state index in [0.717, 1.165) is 18.7 Å². The Balaban J connectivity index is 2.08. The molecule has 1 aromatic heterocycles. The molecule has 5 nitrogen and oxygen atoms in total. The van der Waals surface area contributed by atoms with Gasteiger partial charge in [0.25, 0.3) is 0 Å². The number of ether oxygens (including phenoxy) is 1. The SMILES string of the molecule is CC(C)NCCCOC(C)C(=O)NCc1ccco1. The number of carbonyl (C=O) groups is 1. The molecule has 2 N–H and O–H groups in total. The molecule has 0 aliphatic rings. The fourth-order valence-electron chi connectivity index (χ4n) is 1.53. The first-order valence-corrected chi connectivity index (χ1v) is 6.74. The van der Waals surface area contributed by atoms with Crippen LogP contribution in [0, 0.1) is 0 Å². The van der Waals surface area contributed by atoms with E-state index in [2.05, 4.69) is 24.5 Å². The highest BCUT2D eigenvalue weighted by molar-refractivity contribution is 5.80. The number of carbonyl (C=O) groups excluding carboxylic acids is 1. The van der Waals surface area contributed by atoms with Gasteiger partial charge >= 0.3 is 0 Å². The van der Waals surface area contributed by atoms with E-state index >= 15 is 0 Å². The Kier molecular flexibility index (Phi) is 7.22. The van der Waals surface area contributed by atoms with Gasteiger partial charge in [0.05, 0.1) is 12.8 Å². The topological polar surface area (TPSA) is 63.5 Å². The van der Waals surface area contributed by atoms with Crippen LogP contribution in [0.5, 0.6) is 0 Å². The molecule has 19 heavy (non-hydrogen) atoms. The van der Waals surface area contributed by atoms with Gasteiger partial charge in [0.15, 0.2) is 0 Å². The molecule has 1 atom stereocenters. The van der Waals surface area contributed by atoms with E-state index in [-0.39, 0.29) is 5.91 Å². The monoisotopic (exact) mass is 268 g/mol. The molecule has 108 valence electrons. The van der Waals surface area contributed by atoms with Gasteiger partial charge < -0.3 is 19.8 Å². The van der Waals surface area contributed by atoms with Crippen molar-refractivity contribution in [3.05, 3.63) is 24.2 Å². The molecule has 1 aromatic rings. The summed E-state index contributed by atoms with van der Waals surface area (Å²) in [6.45, 7) is 7.84. The molecule has 0 fully saturated rings. The van der Waals surface area contributed by atoms with Gasteiger partial charge in [-0.2, -0.15) is 0 Å². The molecule has 5 heteroatoms. The summed E-state index contributed by atoms with van der Waals surface area (Å²) in [6.07, 6.45) is 2.05. The maximum atomic E-state index is 11.7. The van der Waals surface area contributed by atoms with Crippen LogP contribution in [0.2, 0.25) is 0 Å². The largest absolute Gasteiger partial charge is 0.467 e. The second kappa shape index (κ2) is 8.72. The fourth-order valence-corrected chi connectivity index (χ4v) is 1.53. The van der Waals surface area contributed by atoms with Crippen LogP contribution in [0.25, 0.3) is 0 Å². The summed E-state index contributed by atoms with van der Waals surface area (Å²) in [5.41, 5.74) is 0. The lowest BCUT2D eigenvalue weighted by atomic mass is 10.3. The molecule has 1 amide bonds. The zero-order valence-corrected chi connectivity index (χ0v) is 11.9. The van der Waals surface area contributed by atoms with Gasteiger partial charge in [-0.1, -0.05) is 13.8 Å². The van der Waals surface area contributed by atoms with Crippen molar-refractivity contribution in [1.82, 2.24) is 10.6 Å². The van der Waals surface area contributed by atoms with Crippen molar-refractivity contribution in [3.63, 3.8) is 0 Å². The maximum absolute atomic E-state index is 11.7. The summed E-state index contributed by atoms with van der Waals surface area (Å²) in [5.74, 6) is 0.620.